The lowest BCUT2D eigenvalue weighted by Gasteiger charge is -2.37. The Morgan fingerprint density at radius 3 is 2.47 bits per heavy atom. The molecule has 0 radical (unpaired) electrons. The van der Waals surface area contributed by atoms with Crippen LogP contribution in [0, 0.1) is 0 Å². The van der Waals surface area contributed by atoms with Crippen LogP contribution in [0.5, 0.6) is 0 Å². The van der Waals surface area contributed by atoms with Crippen LogP contribution in [0.15, 0.2) is 0 Å². The molecular formula is C13H22N2O4. The van der Waals surface area contributed by atoms with Crippen LogP contribution in [0.1, 0.15) is 38.5 Å². The number of urea groups is 1. The molecule has 6 nitrogen and oxygen atoms in total. The Morgan fingerprint density at radius 1 is 1.16 bits per heavy atom. The molecule has 3 atom stereocenters. The van der Waals surface area contributed by atoms with Gasteiger partial charge >= 0.3 is 12.0 Å². The first-order valence-electron chi connectivity index (χ1n) is 6.96. The Balaban J connectivity index is 2.03. The van der Waals surface area contributed by atoms with Gasteiger partial charge < -0.3 is 20.0 Å². The lowest BCUT2D eigenvalue weighted by molar-refractivity contribution is -0.141. The summed E-state index contributed by atoms with van der Waals surface area (Å²) in [6, 6.07) is -1.16. The number of amides is 2. The van der Waals surface area contributed by atoms with E-state index in [4.69, 9.17) is 5.11 Å². The summed E-state index contributed by atoms with van der Waals surface area (Å²) in [6.07, 6.45) is 4.24. The van der Waals surface area contributed by atoms with Crippen molar-refractivity contribution in [2.75, 3.05) is 13.6 Å². The lowest BCUT2D eigenvalue weighted by atomic mass is 9.92. The molecule has 108 valence electrons. The number of nitrogens with zero attached hydrogens (tertiary/aromatic N) is 2. The molecule has 0 aromatic heterocycles. The summed E-state index contributed by atoms with van der Waals surface area (Å²) >= 11 is 0. The number of likely N-dealkylation sites (N-methyl/N-ethyl adjacent to an activating group) is 1. The quantitative estimate of drug-likeness (QED) is 0.781. The molecule has 3 unspecified atom stereocenters. The minimum absolute atomic E-state index is 0.184. The van der Waals surface area contributed by atoms with Crippen LogP contribution in [-0.4, -0.2) is 63.8 Å². The van der Waals surface area contributed by atoms with Crippen molar-refractivity contribution >= 4 is 12.0 Å². The van der Waals surface area contributed by atoms with E-state index in [0.29, 0.717) is 19.4 Å². The molecular weight excluding hydrogens is 248 g/mol. The predicted molar refractivity (Wildman–Crippen MR) is 68.8 cm³/mol. The first kappa shape index (κ1) is 14.1. The second kappa shape index (κ2) is 5.77. The molecule has 1 heterocycles. The summed E-state index contributed by atoms with van der Waals surface area (Å²) < 4.78 is 0. The van der Waals surface area contributed by atoms with Gasteiger partial charge in [0.2, 0.25) is 0 Å². The van der Waals surface area contributed by atoms with Gasteiger partial charge in [0.1, 0.15) is 6.04 Å². The highest BCUT2D eigenvalue weighted by Crippen LogP contribution is 2.25. The number of aliphatic hydroxyl groups excluding tert-OH is 1. The molecule has 0 spiro atoms. The molecule has 0 bridgehead atoms. The maximum atomic E-state index is 12.4. The Labute approximate surface area is 113 Å². The minimum Gasteiger partial charge on any atom is -0.480 e. The number of hydrogen-bond acceptors (Lipinski definition) is 3. The van der Waals surface area contributed by atoms with Crippen LogP contribution < -0.4 is 0 Å². The lowest BCUT2D eigenvalue weighted by Crippen LogP contribution is -2.53. The second-order valence-electron chi connectivity index (χ2n) is 5.50. The molecule has 2 rings (SSSR count). The molecule has 1 saturated heterocycles. The molecule has 1 aliphatic heterocycles. The van der Waals surface area contributed by atoms with Crippen molar-refractivity contribution in [2.45, 2.75) is 56.7 Å². The molecule has 0 aromatic rings. The van der Waals surface area contributed by atoms with Gasteiger partial charge in [-0.3, -0.25) is 0 Å². The highest BCUT2D eigenvalue weighted by atomic mass is 16.4. The summed E-state index contributed by atoms with van der Waals surface area (Å²) in [7, 11) is 1.67. The van der Waals surface area contributed by atoms with Crippen LogP contribution in [0.3, 0.4) is 0 Å². The number of rotatable bonds is 2. The zero-order valence-electron chi connectivity index (χ0n) is 11.3. The number of hydrogen-bond donors (Lipinski definition) is 2. The average Bonchev–Trinajstić information content (AvgIpc) is 2.87. The number of aliphatic hydroxyl groups is 1. The number of aliphatic carboxylic acids is 1. The summed E-state index contributed by atoms with van der Waals surface area (Å²) in [5.74, 6) is -0.941. The fourth-order valence-corrected chi connectivity index (χ4v) is 3.14. The van der Waals surface area contributed by atoms with E-state index in [1.165, 1.54) is 9.80 Å². The number of carboxylic acid groups (broad SMARTS) is 1. The van der Waals surface area contributed by atoms with Crippen molar-refractivity contribution in [1.82, 2.24) is 9.80 Å². The Bertz CT molecular complexity index is 361. The third-order valence-corrected chi connectivity index (χ3v) is 4.28. The molecule has 2 aliphatic rings. The van der Waals surface area contributed by atoms with Crippen LogP contribution in [0.2, 0.25) is 0 Å². The minimum atomic E-state index is -0.941. The zero-order valence-corrected chi connectivity index (χ0v) is 11.3. The molecule has 6 heteroatoms. The van der Waals surface area contributed by atoms with Crippen molar-refractivity contribution in [3.05, 3.63) is 0 Å². The first-order chi connectivity index (χ1) is 9.02. The van der Waals surface area contributed by atoms with Crippen LogP contribution in [-0.2, 0) is 4.79 Å². The van der Waals surface area contributed by atoms with E-state index < -0.39 is 18.1 Å². The molecule has 2 amide bonds. The summed E-state index contributed by atoms with van der Waals surface area (Å²) in [4.78, 5) is 26.5. The van der Waals surface area contributed by atoms with Gasteiger partial charge in [-0.25, -0.2) is 9.59 Å². The van der Waals surface area contributed by atoms with Gasteiger partial charge in [-0.2, -0.15) is 0 Å². The fourth-order valence-electron chi connectivity index (χ4n) is 3.14. The summed E-state index contributed by atoms with van der Waals surface area (Å²) in [5.41, 5.74) is 0. The summed E-state index contributed by atoms with van der Waals surface area (Å²) in [5, 5.41) is 19.1. The fraction of sp³-hybridized carbons (Fsp3) is 0.846. The third kappa shape index (κ3) is 2.83. The Morgan fingerprint density at radius 2 is 1.84 bits per heavy atom. The SMILES string of the molecule is CN(C(=O)N1CCCC1C(=O)O)C1CCCCC1O. The normalized spacial score (nSPS) is 31.3. The topological polar surface area (TPSA) is 81.1 Å². The average molecular weight is 270 g/mol. The second-order valence-corrected chi connectivity index (χ2v) is 5.50. The third-order valence-electron chi connectivity index (χ3n) is 4.28. The van der Waals surface area contributed by atoms with Crippen molar-refractivity contribution in [1.29, 1.82) is 0 Å². The van der Waals surface area contributed by atoms with Gasteiger partial charge in [-0.05, 0) is 25.7 Å². The largest absolute Gasteiger partial charge is 0.480 e. The van der Waals surface area contributed by atoms with Crippen molar-refractivity contribution in [2.24, 2.45) is 0 Å². The number of carbonyl (C=O) groups is 2. The Hall–Kier alpha value is -1.30. The highest BCUT2D eigenvalue weighted by Gasteiger charge is 2.38. The maximum Gasteiger partial charge on any atom is 0.326 e. The molecule has 1 saturated carbocycles. The molecule has 19 heavy (non-hydrogen) atoms. The molecule has 2 fully saturated rings. The first-order valence-corrected chi connectivity index (χ1v) is 6.96. The van der Waals surface area contributed by atoms with Gasteiger partial charge in [-0.15, -0.1) is 0 Å². The molecule has 2 N–H and O–H groups in total. The van der Waals surface area contributed by atoms with Gasteiger partial charge in [0, 0.05) is 13.6 Å². The molecule has 1 aliphatic carbocycles. The van der Waals surface area contributed by atoms with Gasteiger partial charge in [0.25, 0.3) is 0 Å². The van der Waals surface area contributed by atoms with E-state index >= 15 is 0 Å². The Kier molecular flexibility index (Phi) is 4.29. The van der Waals surface area contributed by atoms with Gasteiger partial charge in [0.15, 0.2) is 0 Å². The van der Waals surface area contributed by atoms with Crippen LogP contribution >= 0.6 is 0 Å². The number of likely N-dealkylation sites (tertiary alicyclic amines) is 1. The van der Waals surface area contributed by atoms with Crippen LogP contribution in [0.4, 0.5) is 4.79 Å². The van der Waals surface area contributed by atoms with E-state index in [1.54, 1.807) is 7.05 Å². The smallest absolute Gasteiger partial charge is 0.326 e. The van der Waals surface area contributed by atoms with Crippen LogP contribution in [0.25, 0.3) is 0 Å². The van der Waals surface area contributed by atoms with E-state index in [2.05, 4.69) is 0 Å². The van der Waals surface area contributed by atoms with Crippen molar-refractivity contribution in [3.8, 4) is 0 Å². The monoisotopic (exact) mass is 270 g/mol. The maximum absolute atomic E-state index is 12.4. The van der Waals surface area contributed by atoms with E-state index in [-0.39, 0.29) is 12.1 Å². The predicted octanol–water partition coefficient (Wildman–Crippen LogP) is 0.891. The van der Waals surface area contributed by atoms with Gasteiger partial charge in [-0.1, -0.05) is 12.8 Å². The number of carboxylic acids is 1. The highest BCUT2D eigenvalue weighted by molar-refractivity contribution is 5.83. The van der Waals surface area contributed by atoms with Crippen molar-refractivity contribution < 1.29 is 19.8 Å². The summed E-state index contributed by atoms with van der Waals surface area (Å²) in [6.45, 7) is 0.489. The van der Waals surface area contributed by atoms with E-state index in [9.17, 15) is 14.7 Å². The standard InChI is InChI=1S/C13H22N2O4/c1-14(9-5-2-3-7-11(9)16)13(19)15-8-4-6-10(15)12(17)18/h9-11,16H,2-8H2,1H3,(H,17,18). The van der Waals surface area contributed by atoms with E-state index in [0.717, 1.165) is 25.7 Å². The zero-order chi connectivity index (χ0) is 14.0. The van der Waals surface area contributed by atoms with Gasteiger partial charge in [0.05, 0.1) is 12.1 Å². The van der Waals surface area contributed by atoms with E-state index in [1.807, 2.05) is 0 Å². The number of carbonyl (C=O) groups excluding carboxylic acids is 1. The molecule has 0 aromatic carbocycles. The van der Waals surface area contributed by atoms with Crippen molar-refractivity contribution in [3.63, 3.8) is 0 Å².